The van der Waals surface area contributed by atoms with E-state index in [-0.39, 0.29) is 0 Å². The highest BCUT2D eigenvalue weighted by atomic mass is 32.1. The Kier molecular flexibility index (Phi) is 16.9. The Labute approximate surface area is 635 Å². The van der Waals surface area contributed by atoms with Crippen molar-refractivity contribution in [2.75, 3.05) is 0 Å². The predicted molar refractivity (Wildman–Crippen MR) is 471 cm³/mol. The van der Waals surface area contributed by atoms with E-state index in [0.717, 1.165) is 136 Å². The number of benzene rings is 14. The lowest BCUT2D eigenvalue weighted by atomic mass is 9.83. The molecular weight excluding hydrogens is 1350 g/mol. The first-order valence-electron chi connectivity index (χ1n) is 37.3. The molecule has 2 aliphatic rings. The van der Waals surface area contributed by atoms with Crippen molar-refractivity contribution in [2.45, 2.75) is 39.5 Å². The summed E-state index contributed by atoms with van der Waals surface area (Å²) in [6.45, 7) is 18.6. The second-order valence-corrected chi connectivity index (χ2v) is 30.5. The molecule has 0 amide bonds. The zero-order valence-electron chi connectivity index (χ0n) is 60.3. The van der Waals surface area contributed by atoms with Crippen molar-refractivity contribution < 1.29 is 8.83 Å². The van der Waals surface area contributed by atoms with Gasteiger partial charge in [-0.25, -0.2) is 0 Å². The first-order valence-corrected chi connectivity index (χ1v) is 39.0. The Balaban J connectivity index is 0.000000147. The maximum Gasteiger partial charge on any atom is 0.144 e. The average molecular weight is 1420 g/mol. The number of allylic oxidation sites excluding steroid dienone is 15. The van der Waals surface area contributed by atoms with Crippen molar-refractivity contribution in [1.82, 2.24) is 0 Å². The first kappa shape index (κ1) is 66.0. The topological polar surface area (TPSA) is 26.3 Å². The standard InChI is InChI=1S/C52H34OS.C52H40OS/c1-3-4-15-31(2)33-28-29-41(35-17-6-5-16-34(33)35)48-38-20-9-7-18-36(38)47(37-19-8-10-21-39(37)48)32-26-27-43-45(30-32)53-51-42-23-12-11-22-40(42)49-44-24-13-14-25-46(44)54-52(49)50(43)51;1-34(37-19-7-6-8-20-37)39-24-12-13-25-40(39)35(2)41-22-9-4-5-10-23-42(44-27-15-14-26-43(41)44)36(3)46-32-47-45-28-16-17-29-49(45)53-50(47)33-48(46)52-31-38-21-11-18-30-51(38)54-52/h3-30H,1-2H3;6-7,9-19,21-33H,1-5,8,20H2/b4-3-,31-15+;22-9?,23-10+,43-41?,44-42+. The molecule has 0 saturated heterocycles. The summed E-state index contributed by atoms with van der Waals surface area (Å²) >= 11 is 3.68. The van der Waals surface area contributed by atoms with Crippen LogP contribution in [0.3, 0.4) is 0 Å². The average Bonchev–Trinajstić information content (AvgIpc) is 1.56. The molecule has 0 N–H and O–H groups in total. The van der Waals surface area contributed by atoms with Gasteiger partial charge in [0.15, 0.2) is 0 Å². The molecule has 0 radical (unpaired) electrons. The molecule has 4 heteroatoms. The zero-order valence-corrected chi connectivity index (χ0v) is 61.9. The lowest BCUT2D eigenvalue weighted by molar-refractivity contribution is 0.669. The molecule has 0 fully saturated rings. The highest BCUT2D eigenvalue weighted by molar-refractivity contribution is 7.27. The van der Waals surface area contributed by atoms with E-state index in [1.807, 2.05) is 34.8 Å². The van der Waals surface area contributed by atoms with E-state index in [1.54, 1.807) is 0 Å². The molecule has 2 aliphatic carbocycles. The molecule has 4 aromatic heterocycles. The zero-order chi connectivity index (χ0) is 72.5. The lowest BCUT2D eigenvalue weighted by Gasteiger charge is -2.19. The minimum absolute atomic E-state index is 0.879. The van der Waals surface area contributed by atoms with Crippen LogP contribution in [0.5, 0.6) is 0 Å². The minimum atomic E-state index is 0.879. The molecule has 514 valence electrons. The number of rotatable bonds is 11. The van der Waals surface area contributed by atoms with Crippen molar-refractivity contribution in [1.29, 1.82) is 0 Å². The van der Waals surface area contributed by atoms with Crippen LogP contribution < -0.4 is 10.4 Å². The molecule has 20 rings (SSSR count). The van der Waals surface area contributed by atoms with E-state index in [4.69, 9.17) is 22.0 Å². The van der Waals surface area contributed by atoms with Crippen LogP contribution in [0.1, 0.15) is 61.8 Å². The summed E-state index contributed by atoms with van der Waals surface area (Å²) in [5.41, 5.74) is 22.0. The van der Waals surface area contributed by atoms with Gasteiger partial charge in [0.25, 0.3) is 0 Å². The van der Waals surface area contributed by atoms with Gasteiger partial charge in [0, 0.05) is 62.2 Å². The van der Waals surface area contributed by atoms with Crippen molar-refractivity contribution in [3.63, 3.8) is 0 Å². The van der Waals surface area contributed by atoms with Gasteiger partial charge >= 0.3 is 0 Å². The summed E-state index contributed by atoms with van der Waals surface area (Å²) in [4.78, 5) is 1.19. The maximum absolute atomic E-state index is 6.95. The van der Waals surface area contributed by atoms with E-state index in [9.17, 15) is 0 Å². The monoisotopic (exact) mass is 1420 g/mol. The van der Waals surface area contributed by atoms with E-state index < -0.39 is 0 Å². The third-order valence-electron chi connectivity index (χ3n) is 22.1. The van der Waals surface area contributed by atoms with Gasteiger partial charge in [-0.05, 0) is 225 Å². The van der Waals surface area contributed by atoms with Gasteiger partial charge in [0.2, 0.25) is 0 Å². The Morgan fingerprint density at radius 1 is 0.398 bits per heavy atom. The normalized spacial score (nSPS) is 14.3. The van der Waals surface area contributed by atoms with E-state index in [1.165, 1.54) is 112 Å². The predicted octanol–water partition coefficient (Wildman–Crippen LogP) is 29.3. The van der Waals surface area contributed by atoms with Crippen molar-refractivity contribution in [3.8, 4) is 32.7 Å². The third kappa shape index (κ3) is 11.3. The van der Waals surface area contributed by atoms with Crippen molar-refractivity contribution in [2.24, 2.45) is 0 Å². The molecule has 0 unspecified atom stereocenters. The number of fused-ring (bicyclic) bond motifs is 18. The summed E-state index contributed by atoms with van der Waals surface area (Å²) in [5, 5.41) is 20.6. The van der Waals surface area contributed by atoms with Gasteiger partial charge in [0.05, 0.1) is 0 Å². The minimum Gasteiger partial charge on any atom is -0.456 e. The van der Waals surface area contributed by atoms with Crippen LogP contribution in [0.2, 0.25) is 0 Å². The molecule has 0 bridgehead atoms. The fraction of sp³-hybridized carbons (Fsp3) is 0.0577. The van der Waals surface area contributed by atoms with Crippen LogP contribution in [0.25, 0.3) is 183 Å². The van der Waals surface area contributed by atoms with Gasteiger partial charge in [-0.3, -0.25) is 0 Å². The SMILES string of the molecule is C/C=C\C=C(/C)c1ccc(-c2c3ccccc3c(-c3ccc4c(c3)oc3c5ccccc5c5c6ccccc6sc5c43)c3ccccc23)c2ccccc12.C=C(C1=CC=CCC1)c1ccccc1C(=C)C1=c2cccc/c2=C(C(=C)c2cc3c(cc2-c2cc4ccccc4s2)oc2ccccc23)/C=C/CCC=C1. The fourth-order valence-electron chi connectivity index (χ4n) is 16.9. The molecule has 2 nitrogen and oxygen atoms in total. The van der Waals surface area contributed by atoms with Gasteiger partial charge in [-0.15, -0.1) is 22.7 Å². The number of hydrogen-bond acceptors (Lipinski definition) is 4. The Hall–Kier alpha value is -12.7. The molecular formula is C104H74O2S2. The van der Waals surface area contributed by atoms with Gasteiger partial charge in [-0.2, -0.15) is 0 Å². The summed E-state index contributed by atoms with van der Waals surface area (Å²) < 4.78 is 17.3. The van der Waals surface area contributed by atoms with Crippen LogP contribution in [0.15, 0.2) is 362 Å². The summed E-state index contributed by atoms with van der Waals surface area (Å²) in [7, 11) is 0. The molecule has 4 heterocycles. The molecule has 14 aromatic carbocycles. The molecule has 18 aromatic rings. The van der Waals surface area contributed by atoms with Crippen LogP contribution in [-0.4, -0.2) is 0 Å². The number of para-hydroxylation sites is 1. The number of thiophene rings is 2. The van der Waals surface area contributed by atoms with Gasteiger partial charge in [0.1, 0.15) is 22.3 Å². The highest BCUT2D eigenvalue weighted by Gasteiger charge is 2.25. The van der Waals surface area contributed by atoms with Gasteiger partial charge in [-0.1, -0.05) is 299 Å². The van der Waals surface area contributed by atoms with Crippen LogP contribution in [-0.2, 0) is 0 Å². The largest absolute Gasteiger partial charge is 0.456 e. The molecule has 0 spiro atoms. The van der Waals surface area contributed by atoms with E-state index >= 15 is 0 Å². The quantitative estimate of drug-likeness (QED) is 0.0953. The molecule has 0 saturated carbocycles. The Morgan fingerprint density at radius 3 is 1.68 bits per heavy atom. The van der Waals surface area contributed by atoms with Crippen LogP contribution in [0, 0.1) is 0 Å². The highest BCUT2D eigenvalue weighted by Crippen LogP contribution is 2.51. The van der Waals surface area contributed by atoms with Gasteiger partial charge < -0.3 is 8.83 Å². The lowest BCUT2D eigenvalue weighted by Crippen LogP contribution is -2.29. The van der Waals surface area contributed by atoms with E-state index in [2.05, 4.69) is 336 Å². The summed E-state index contributed by atoms with van der Waals surface area (Å²) in [5.74, 6) is 0. The van der Waals surface area contributed by atoms with Crippen LogP contribution >= 0.6 is 22.7 Å². The number of hydrogen-bond donors (Lipinski definition) is 0. The smallest absolute Gasteiger partial charge is 0.144 e. The Morgan fingerprint density at radius 2 is 0.981 bits per heavy atom. The summed E-state index contributed by atoms with van der Waals surface area (Å²) in [6.07, 6.45) is 26.0. The van der Waals surface area contributed by atoms with Crippen molar-refractivity contribution in [3.05, 3.63) is 386 Å². The molecule has 108 heavy (non-hydrogen) atoms. The second kappa shape index (κ2) is 27.7. The molecule has 0 atom stereocenters. The third-order valence-corrected chi connectivity index (χ3v) is 24.4. The fourth-order valence-corrected chi connectivity index (χ4v) is 19.3. The Bertz CT molecular complexity index is 7100. The maximum atomic E-state index is 6.95. The molecule has 0 aliphatic heterocycles. The second-order valence-electron chi connectivity index (χ2n) is 28.3. The summed E-state index contributed by atoms with van der Waals surface area (Å²) in [6, 6.07) is 96.8. The first-order chi connectivity index (χ1) is 53.2. The van der Waals surface area contributed by atoms with E-state index in [0.29, 0.717) is 0 Å². The van der Waals surface area contributed by atoms with Crippen LogP contribution in [0.4, 0.5) is 0 Å². The van der Waals surface area contributed by atoms with Crippen molar-refractivity contribution >= 4 is 173 Å². The number of furan rings is 2.